The van der Waals surface area contributed by atoms with Crippen LogP contribution in [-0.2, 0) is 25.5 Å². The van der Waals surface area contributed by atoms with Gasteiger partial charge in [-0.1, -0.05) is 80.6 Å². The van der Waals surface area contributed by atoms with Crippen LogP contribution >= 0.6 is 0 Å². The van der Waals surface area contributed by atoms with Gasteiger partial charge in [0.1, 0.15) is 17.9 Å². The zero-order valence-corrected chi connectivity index (χ0v) is 34.9. The van der Waals surface area contributed by atoms with Gasteiger partial charge in [-0.25, -0.2) is 14.6 Å². The first-order chi connectivity index (χ1) is 29.6. The van der Waals surface area contributed by atoms with E-state index in [2.05, 4.69) is 69.1 Å². The van der Waals surface area contributed by atoms with Crippen molar-refractivity contribution in [1.82, 2.24) is 35.4 Å². The Kier molecular flexibility index (Phi) is 12.0. The second kappa shape index (κ2) is 17.9. The number of benzene rings is 3. The van der Waals surface area contributed by atoms with Gasteiger partial charge in [-0.15, -0.1) is 0 Å². The minimum absolute atomic E-state index is 0.0894. The van der Waals surface area contributed by atoms with Gasteiger partial charge in [0.25, 0.3) is 0 Å². The van der Waals surface area contributed by atoms with Crippen molar-refractivity contribution in [2.45, 2.75) is 76.5 Å². The Hall–Kier alpha value is -6.70. The SMILES string of the molecule is COC(=O)N[C@@H](Cc1c[nH]c2ccccc12)C(=O)N1CCC[C@H]1c1ncc(-c2ccc(-c3ccc(C4=CN=C([C@@H]5CCCN5C(=O)[C@@H](NC(=O)OC)C(C)C)C4)cc3)cc2)[nH]1. The average molecular weight is 825 g/mol. The number of hydrogen-bond acceptors (Lipinski definition) is 8. The molecule has 4 atom stereocenters. The van der Waals surface area contributed by atoms with E-state index >= 15 is 0 Å². The minimum atomic E-state index is -0.814. The molecule has 14 nitrogen and oxygen atoms in total. The van der Waals surface area contributed by atoms with Gasteiger partial charge in [-0.2, -0.15) is 0 Å². The average Bonchev–Trinajstić information content (AvgIpc) is 4.15. The summed E-state index contributed by atoms with van der Waals surface area (Å²) in [6.45, 7) is 5.02. The van der Waals surface area contributed by atoms with Crippen molar-refractivity contribution in [3.05, 3.63) is 108 Å². The third-order valence-electron chi connectivity index (χ3n) is 12.2. The molecule has 5 aromatic rings. The summed E-state index contributed by atoms with van der Waals surface area (Å²) in [6.07, 6.45) is 8.61. The van der Waals surface area contributed by atoms with Crippen LogP contribution in [0.4, 0.5) is 9.59 Å². The topological polar surface area (TPSA) is 174 Å². The number of nitrogens with one attached hydrogen (secondary N) is 4. The van der Waals surface area contributed by atoms with Gasteiger partial charge in [0.05, 0.1) is 38.2 Å². The van der Waals surface area contributed by atoms with Crippen molar-refractivity contribution in [3.63, 3.8) is 0 Å². The highest BCUT2D eigenvalue weighted by Crippen LogP contribution is 2.35. The van der Waals surface area contributed by atoms with Crippen LogP contribution in [0.5, 0.6) is 0 Å². The zero-order valence-electron chi connectivity index (χ0n) is 34.9. The van der Waals surface area contributed by atoms with Gasteiger partial charge < -0.3 is 39.9 Å². The number of aromatic nitrogens is 3. The fourth-order valence-corrected chi connectivity index (χ4v) is 8.89. The first-order valence-electron chi connectivity index (χ1n) is 21.0. The number of hydrogen-bond donors (Lipinski definition) is 4. The van der Waals surface area contributed by atoms with Crippen LogP contribution in [-0.4, -0.2) is 99.9 Å². The molecule has 3 aliphatic heterocycles. The van der Waals surface area contributed by atoms with Gasteiger partial charge in [0, 0.05) is 54.9 Å². The second-order valence-electron chi connectivity index (χ2n) is 16.3. The number of ether oxygens (including phenoxy) is 2. The zero-order chi connectivity index (χ0) is 42.6. The number of para-hydroxylation sites is 1. The van der Waals surface area contributed by atoms with Gasteiger partial charge in [-0.3, -0.25) is 14.6 Å². The molecule has 316 valence electrons. The van der Waals surface area contributed by atoms with Gasteiger partial charge in [-0.05, 0) is 71.1 Å². The van der Waals surface area contributed by atoms with E-state index < -0.39 is 24.3 Å². The maximum atomic E-state index is 14.1. The van der Waals surface area contributed by atoms with Gasteiger partial charge >= 0.3 is 12.2 Å². The molecule has 2 fully saturated rings. The van der Waals surface area contributed by atoms with Crippen molar-refractivity contribution in [3.8, 4) is 22.4 Å². The van der Waals surface area contributed by atoms with Crippen LogP contribution in [0, 0.1) is 5.92 Å². The van der Waals surface area contributed by atoms with Crippen LogP contribution in [0.1, 0.15) is 68.9 Å². The smallest absolute Gasteiger partial charge is 0.407 e. The summed E-state index contributed by atoms with van der Waals surface area (Å²) >= 11 is 0. The molecule has 8 rings (SSSR count). The van der Waals surface area contributed by atoms with E-state index in [4.69, 9.17) is 19.5 Å². The lowest BCUT2D eigenvalue weighted by Crippen LogP contribution is -2.53. The molecule has 5 heterocycles. The molecule has 0 bridgehead atoms. The van der Waals surface area contributed by atoms with E-state index in [0.29, 0.717) is 31.8 Å². The van der Waals surface area contributed by atoms with E-state index in [1.54, 1.807) is 0 Å². The molecule has 14 heteroatoms. The molecular formula is C47H52N8O6. The monoisotopic (exact) mass is 824 g/mol. The Bertz CT molecular complexity index is 2470. The largest absolute Gasteiger partial charge is 0.453 e. The minimum Gasteiger partial charge on any atom is -0.453 e. The number of fused-ring (bicyclic) bond motifs is 1. The Morgan fingerprint density at radius 2 is 1.41 bits per heavy atom. The highest BCUT2D eigenvalue weighted by atomic mass is 16.5. The summed E-state index contributed by atoms with van der Waals surface area (Å²) in [7, 11) is 2.59. The number of likely N-dealkylation sites (tertiary alicyclic amines) is 2. The first-order valence-corrected chi connectivity index (χ1v) is 21.0. The lowest BCUT2D eigenvalue weighted by molar-refractivity contribution is -0.135. The molecule has 4 amide bonds. The van der Waals surface area contributed by atoms with Crippen LogP contribution in [0.2, 0.25) is 0 Å². The lowest BCUT2D eigenvalue weighted by atomic mass is 9.95. The van der Waals surface area contributed by atoms with E-state index in [-0.39, 0.29) is 29.8 Å². The van der Waals surface area contributed by atoms with Crippen LogP contribution < -0.4 is 10.6 Å². The van der Waals surface area contributed by atoms with Crippen molar-refractivity contribution in [2.24, 2.45) is 10.9 Å². The molecule has 4 N–H and O–H groups in total. The van der Waals surface area contributed by atoms with Crippen molar-refractivity contribution in [1.29, 1.82) is 0 Å². The molecule has 3 aromatic carbocycles. The summed E-state index contributed by atoms with van der Waals surface area (Å²) in [4.78, 5) is 72.1. The number of nitrogens with zero attached hydrogens (tertiary/aromatic N) is 4. The molecule has 0 aliphatic carbocycles. The molecule has 0 unspecified atom stereocenters. The van der Waals surface area contributed by atoms with Crippen LogP contribution in [0.15, 0.2) is 96.4 Å². The highest BCUT2D eigenvalue weighted by molar-refractivity contribution is 6.04. The third-order valence-corrected chi connectivity index (χ3v) is 12.2. The van der Waals surface area contributed by atoms with Gasteiger partial charge in [0.15, 0.2) is 0 Å². The van der Waals surface area contributed by atoms with Crippen LogP contribution in [0.3, 0.4) is 0 Å². The number of alkyl carbamates (subject to hydrolysis) is 2. The van der Waals surface area contributed by atoms with E-state index in [1.165, 1.54) is 14.2 Å². The molecule has 0 saturated carbocycles. The fraction of sp³-hybridized carbons (Fsp3) is 0.362. The van der Waals surface area contributed by atoms with Gasteiger partial charge in [0.2, 0.25) is 11.8 Å². The number of aliphatic imine (C=N–C) groups is 1. The highest BCUT2D eigenvalue weighted by Gasteiger charge is 2.39. The van der Waals surface area contributed by atoms with Crippen molar-refractivity contribution >= 4 is 46.2 Å². The summed E-state index contributed by atoms with van der Waals surface area (Å²) in [6, 6.07) is 22.8. The molecule has 0 radical (unpaired) electrons. The maximum absolute atomic E-state index is 14.1. The number of carbonyl (C=O) groups excluding carboxylic acids is 4. The number of allylic oxidation sites excluding steroid dienone is 1. The number of rotatable bonds is 12. The predicted molar refractivity (Wildman–Crippen MR) is 233 cm³/mol. The number of imidazole rings is 1. The number of methoxy groups -OCH3 is 2. The molecular weight excluding hydrogens is 773 g/mol. The molecule has 0 spiro atoms. The Morgan fingerprint density at radius 1 is 0.787 bits per heavy atom. The Balaban J connectivity index is 0.898. The number of carbonyl (C=O) groups is 4. The van der Waals surface area contributed by atoms with E-state index in [1.807, 2.05) is 66.5 Å². The predicted octanol–water partition coefficient (Wildman–Crippen LogP) is 7.41. The first kappa shape index (κ1) is 41.1. The second-order valence-corrected chi connectivity index (χ2v) is 16.3. The molecule has 61 heavy (non-hydrogen) atoms. The Morgan fingerprint density at radius 3 is 2.10 bits per heavy atom. The number of amides is 4. The summed E-state index contributed by atoms with van der Waals surface area (Å²) in [5, 5.41) is 6.51. The summed E-state index contributed by atoms with van der Waals surface area (Å²) in [5.74, 6) is 0.337. The molecule has 3 aliphatic rings. The molecule has 2 aromatic heterocycles. The Labute approximate surface area is 354 Å². The quantitative estimate of drug-likeness (QED) is 0.101. The van der Waals surface area contributed by atoms with E-state index in [0.717, 1.165) is 81.4 Å². The number of H-pyrrole nitrogens is 2. The normalized spacial score (nSPS) is 18.5. The standard InChI is InChI=1S/C47H52N8O6/c1-28(2)42(53-47(59)61-4)45(57)54-21-7-11-40(54)37-23-33(25-49-37)31-15-13-29(14-16-31)30-17-19-32(20-18-30)39-27-50-43(51-39)41-12-8-22-55(41)44(56)38(52-46(58)60-3)24-34-26-48-36-10-6-5-9-35(34)36/h5-6,9-10,13-20,25-28,38,40-42,48H,7-8,11-12,21-24H2,1-4H3,(H,50,51)(H,52,58)(H,53,59)/t38-,40-,41-,42-/m0/s1. The molecule has 2 saturated heterocycles. The van der Waals surface area contributed by atoms with Crippen LogP contribution in [0.25, 0.3) is 38.9 Å². The fourth-order valence-electron chi connectivity index (χ4n) is 8.89. The van der Waals surface area contributed by atoms with Crippen molar-refractivity contribution in [2.75, 3.05) is 27.3 Å². The summed E-state index contributed by atoms with van der Waals surface area (Å²) in [5.41, 5.74) is 9.03. The summed E-state index contributed by atoms with van der Waals surface area (Å²) < 4.78 is 9.68. The van der Waals surface area contributed by atoms with E-state index in [9.17, 15) is 19.2 Å². The van der Waals surface area contributed by atoms with Crippen molar-refractivity contribution < 1.29 is 28.7 Å². The lowest BCUT2D eigenvalue weighted by Gasteiger charge is -2.31. The third kappa shape index (κ3) is 8.66. The maximum Gasteiger partial charge on any atom is 0.407 e. The number of aromatic amines is 2.